The molecule has 0 aliphatic carbocycles. The van der Waals surface area contributed by atoms with Crippen molar-refractivity contribution in [2.75, 3.05) is 25.1 Å². The molecule has 1 aromatic rings. The summed E-state index contributed by atoms with van der Waals surface area (Å²) in [7, 11) is 1.29. The summed E-state index contributed by atoms with van der Waals surface area (Å²) in [4.78, 5) is 29.9. The highest BCUT2D eigenvalue weighted by Crippen LogP contribution is 2.28. The molecule has 0 aliphatic heterocycles. The smallest absolute Gasteiger partial charge is 0.358 e. The molecule has 0 amide bonds. The van der Waals surface area contributed by atoms with Crippen LogP contribution in [0.2, 0.25) is 0 Å². The van der Waals surface area contributed by atoms with E-state index in [0.717, 1.165) is 13.1 Å². The fraction of sp³-hybridized carbons (Fsp3) is 0.615. The zero-order chi connectivity index (χ0) is 14.6. The van der Waals surface area contributed by atoms with E-state index in [2.05, 4.69) is 28.5 Å². The number of esters is 1. The van der Waals surface area contributed by atoms with Gasteiger partial charge < -0.3 is 9.64 Å². The van der Waals surface area contributed by atoms with Crippen LogP contribution in [0.4, 0.5) is 5.13 Å². The van der Waals surface area contributed by atoms with Crippen LogP contribution in [0.5, 0.6) is 0 Å². The summed E-state index contributed by atoms with van der Waals surface area (Å²) in [5.41, 5.74) is 0.122. The molecule has 0 atom stereocenters. The highest BCUT2D eigenvalue weighted by Gasteiger charge is 2.24. The van der Waals surface area contributed by atoms with Gasteiger partial charge in [-0.2, -0.15) is 0 Å². The highest BCUT2D eigenvalue weighted by molar-refractivity contribution is 7.17. The number of nitrogens with zero attached hydrogens (tertiary/aromatic N) is 2. The van der Waals surface area contributed by atoms with Crippen LogP contribution in [-0.4, -0.2) is 36.9 Å². The van der Waals surface area contributed by atoms with E-state index >= 15 is 0 Å². The Bertz CT molecular complexity index is 468. The minimum absolute atomic E-state index is 0.122. The first kappa shape index (κ1) is 15.6. The molecule has 0 spiro atoms. The van der Waals surface area contributed by atoms with Crippen molar-refractivity contribution in [3.8, 4) is 0 Å². The summed E-state index contributed by atoms with van der Waals surface area (Å²) in [6, 6.07) is 0. The van der Waals surface area contributed by atoms with Crippen molar-refractivity contribution < 1.29 is 14.3 Å². The Hall–Kier alpha value is -1.43. The Morgan fingerprint density at radius 1 is 1.42 bits per heavy atom. The second-order valence-corrected chi connectivity index (χ2v) is 5.63. The van der Waals surface area contributed by atoms with Crippen LogP contribution in [0.1, 0.15) is 47.9 Å². The molecule has 6 heteroatoms. The second kappa shape index (κ2) is 6.65. The average Bonchev–Trinajstić information content (AvgIpc) is 2.79. The molecule has 19 heavy (non-hydrogen) atoms. The van der Waals surface area contributed by atoms with Crippen LogP contribution in [0.25, 0.3) is 0 Å². The van der Waals surface area contributed by atoms with Gasteiger partial charge in [-0.15, -0.1) is 0 Å². The predicted molar refractivity (Wildman–Crippen MR) is 76.2 cm³/mol. The molecule has 1 rings (SSSR count). The Kier molecular flexibility index (Phi) is 5.47. The first-order valence-electron chi connectivity index (χ1n) is 6.25. The molecule has 5 nitrogen and oxygen atoms in total. The van der Waals surface area contributed by atoms with Gasteiger partial charge in [0.25, 0.3) is 0 Å². The molecular formula is C13H20N2O3S. The topological polar surface area (TPSA) is 59.5 Å². The number of thiazole rings is 1. The van der Waals surface area contributed by atoms with E-state index in [1.54, 1.807) is 0 Å². The lowest BCUT2D eigenvalue weighted by atomic mass is 10.2. The standard InChI is InChI=1S/C13H20N2O3S/c1-6-15(7-8(2)3)13-14-10(12(17)18-5)11(19-13)9(4)16/h8H,6-7H2,1-5H3. The van der Waals surface area contributed by atoms with E-state index in [9.17, 15) is 9.59 Å². The van der Waals surface area contributed by atoms with E-state index in [4.69, 9.17) is 0 Å². The van der Waals surface area contributed by atoms with Crippen molar-refractivity contribution in [2.45, 2.75) is 27.7 Å². The Labute approximate surface area is 117 Å². The lowest BCUT2D eigenvalue weighted by molar-refractivity contribution is 0.0591. The maximum absolute atomic E-state index is 11.6. The third kappa shape index (κ3) is 3.76. The van der Waals surface area contributed by atoms with E-state index in [1.165, 1.54) is 25.4 Å². The number of hydrogen-bond acceptors (Lipinski definition) is 6. The number of ether oxygens (including phenoxy) is 1. The average molecular weight is 284 g/mol. The van der Waals surface area contributed by atoms with Crippen LogP contribution in [0, 0.1) is 5.92 Å². The van der Waals surface area contributed by atoms with Crippen molar-refractivity contribution in [1.29, 1.82) is 0 Å². The van der Waals surface area contributed by atoms with Gasteiger partial charge in [-0.3, -0.25) is 4.79 Å². The highest BCUT2D eigenvalue weighted by atomic mass is 32.1. The largest absolute Gasteiger partial charge is 0.464 e. The minimum Gasteiger partial charge on any atom is -0.464 e. The van der Waals surface area contributed by atoms with Gasteiger partial charge >= 0.3 is 5.97 Å². The summed E-state index contributed by atoms with van der Waals surface area (Å²) in [6.07, 6.45) is 0. The van der Waals surface area contributed by atoms with Gasteiger partial charge in [0.2, 0.25) is 0 Å². The van der Waals surface area contributed by atoms with E-state index in [1.807, 2.05) is 6.92 Å². The molecule has 0 saturated carbocycles. The van der Waals surface area contributed by atoms with Crippen molar-refractivity contribution >= 4 is 28.2 Å². The van der Waals surface area contributed by atoms with Crippen LogP contribution in [0.15, 0.2) is 0 Å². The van der Waals surface area contributed by atoms with Gasteiger partial charge in [0.1, 0.15) is 4.88 Å². The SMILES string of the molecule is CCN(CC(C)C)c1nc(C(=O)OC)c(C(C)=O)s1. The fourth-order valence-corrected chi connectivity index (χ4v) is 2.72. The maximum atomic E-state index is 11.6. The third-order valence-electron chi connectivity index (χ3n) is 2.55. The van der Waals surface area contributed by atoms with E-state index < -0.39 is 5.97 Å². The first-order chi connectivity index (χ1) is 8.90. The molecule has 0 fully saturated rings. The number of Topliss-reactive ketones (excluding diaryl/α,β-unsaturated/α-hetero) is 1. The normalized spacial score (nSPS) is 10.6. The number of carbonyl (C=O) groups is 2. The Morgan fingerprint density at radius 3 is 2.47 bits per heavy atom. The fourth-order valence-electron chi connectivity index (χ4n) is 1.70. The van der Waals surface area contributed by atoms with Crippen molar-refractivity contribution in [3.05, 3.63) is 10.6 Å². The number of ketones is 1. The summed E-state index contributed by atoms with van der Waals surface area (Å²) in [5, 5.41) is 0.696. The minimum atomic E-state index is -0.562. The Morgan fingerprint density at radius 2 is 2.05 bits per heavy atom. The lowest BCUT2D eigenvalue weighted by Gasteiger charge is -2.21. The summed E-state index contributed by atoms with van der Waals surface area (Å²) in [6.45, 7) is 9.30. The van der Waals surface area contributed by atoms with Gasteiger partial charge in [-0.25, -0.2) is 9.78 Å². The van der Waals surface area contributed by atoms with Gasteiger partial charge in [0.05, 0.1) is 7.11 Å². The molecule has 0 N–H and O–H groups in total. The van der Waals surface area contributed by atoms with E-state index in [0.29, 0.717) is 15.9 Å². The van der Waals surface area contributed by atoms with Crippen molar-refractivity contribution in [1.82, 2.24) is 4.98 Å². The number of aromatic nitrogens is 1. The monoisotopic (exact) mass is 284 g/mol. The summed E-state index contributed by atoms with van der Waals surface area (Å²) >= 11 is 1.25. The van der Waals surface area contributed by atoms with Crippen LogP contribution in [-0.2, 0) is 4.74 Å². The van der Waals surface area contributed by atoms with Crippen LogP contribution >= 0.6 is 11.3 Å². The number of rotatable bonds is 6. The number of carbonyl (C=O) groups excluding carboxylic acids is 2. The molecule has 0 aromatic carbocycles. The molecule has 106 valence electrons. The van der Waals surface area contributed by atoms with Gasteiger partial charge in [-0.05, 0) is 12.8 Å². The first-order valence-corrected chi connectivity index (χ1v) is 7.07. The molecule has 0 saturated heterocycles. The zero-order valence-corrected chi connectivity index (χ0v) is 12.8. The number of methoxy groups -OCH3 is 1. The van der Waals surface area contributed by atoms with Crippen LogP contribution in [0.3, 0.4) is 0 Å². The molecule has 0 unspecified atom stereocenters. The molecule has 1 aromatic heterocycles. The molecular weight excluding hydrogens is 264 g/mol. The molecule has 0 aliphatic rings. The summed E-state index contributed by atoms with van der Waals surface area (Å²) in [5.74, 6) is -0.246. The number of anilines is 1. The Balaban J connectivity index is 3.15. The molecule has 1 heterocycles. The quantitative estimate of drug-likeness (QED) is 0.593. The van der Waals surface area contributed by atoms with Crippen molar-refractivity contribution in [3.63, 3.8) is 0 Å². The molecule has 0 bridgehead atoms. The maximum Gasteiger partial charge on any atom is 0.358 e. The molecule has 0 radical (unpaired) electrons. The predicted octanol–water partition coefficient (Wildman–Crippen LogP) is 2.61. The van der Waals surface area contributed by atoms with Crippen molar-refractivity contribution in [2.24, 2.45) is 5.92 Å². The van der Waals surface area contributed by atoms with Gasteiger partial charge in [0.15, 0.2) is 16.6 Å². The van der Waals surface area contributed by atoms with E-state index in [-0.39, 0.29) is 11.5 Å². The third-order valence-corrected chi connectivity index (χ3v) is 3.77. The summed E-state index contributed by atoms with van der Waals surface area (Å²) < 4.78 is 4.67. The zero-order valence-electron chi connectivity index (χ0n) is 12.0. The van der Waals surface area contributed by atoms with Crippen LogP contribution < -0.4 is 4.90 Å². The van der Waals surface area contributed by atoms with Gasteiger partial charge in [0, 0.05) is 20.0 Å². The lowest BCUT2D eigenvalue weighted by Crippen LogP contribution is -2.27. The van der Waals surface area contributed by atoms with Gasteiger partial charge in [-0.1, -0.05) is 25.2 Å². The second-order valence-electron chi connectivity index (χ2n) is 4.65. The number of hydrogen-bond donors (Lipinski definition) is 0.